The van der Waals surface area contributed by atoms with Crippen LogP contribution in [0.4, 0.5) is 16.3 Å². The summed E-state index contributed by atoms with van der Waals surface area (Å²) in [6, 6.07) is 8.64. The van der Waals surface area contributed by atoms with Gasteiger partial charge in [0.05, 0.1) is 6.42 Å². The van der Waals surface area contributed by atoms with Crippen molar-refractivity contribution < 1.29 is 9.59 Å². The number of aromatic nitrogens is 1. The maximum absolute atomic E-state index is 12.0. The molecule has 0 aliphatic rings. The Morgan fingerprint density at radius 2 is 1.91 bits per heavy atom. The summed E-state index contributed by atoms with van der Waals surface area (Å²) < 4.78 is 0. The number of urea groups is 1. The van der Waals surface area contributed by atoms with Crippen molar-refractivity contribution in [1.29, 1.82) is 0 Å². The van der Waals surface area contributed by atoms with Gasteiger partial charge in [0.25, 0.3) is 0 Å². The average Bonchev–Trinajstić information content (AvgIpc) is 2.44. The third-order valence-corrected chi connectivity index (χ3v) is 3.16. The van der Waals surface area contributed by atoms with Crippen LogP contribution in [-0.4, -0.2) is 16.9 Å². The van der Waals surface area contributed by atoms with Gasteiger partial charge in [-0.1, -0.05) is 18.2 Å². The Morgan fingerprint density at radius 1 is 1.14 bits per heavy atom. The molecule has 0 saturated carbocycles. The quantitative estimate of drug-likeness (QED) is 0.808. The van der Waals surface area contributed by atoms with Gasteiger partial charge >= 0.3 is 6.03 Å². The van der Waals surface area contributed by atoms with Gasteiger partial charge in [0.2, 0.25) is 5.91 Å². The molecular formula is C16H18N4O2. The van der Waals surface area contributed by atoms with Crippen LogP contribution in [0.5, 0.6) is 0 Å². The fraction of sp³-hybridized carbons (Fsp3) is 0.188. The van der Waals surface area contributed by atoms with E-state index >= 15 is 0 Å². The Morgan fingerprint density at radius 3 is 2.55 bits per heavy atom. The Kier molecular flexibility index (Phi) is 4.73. The maximum atomic E-state index is 12.0. The molecule has 0 saturated heterocycles. The highest BCUT2D eigenvalue weighted by atomic mass is 16.2. The molecule has 0 atom stereocenters. The zero-order valence-corrected chi connectivity index (χ0v) is 12.5. The highest BCUT2D eigenvalue weighted by Gasteiger charge is 2.08. The molecule has 0 radical (unpaired) electrons. The summed E-state index contributed by atoms with van der Waals surface area (Å²) in [6.07, 6.45) is 1.80. The van der Waals surface area contributed by atoms with Crippen molar-refractivity contribution in [1.82, 2.24) is 4.98 Å². The number of carbonyl (C=O) groups excluding carboxylic acids is 2. The lowest BCUT2D eigenvalue weighted by Crippen LogP contribution is -2.21. The summed E-state index contributed by atoms with van der Waals surface area (Å²) in [5.74, 6) is 0.131. The number of benzene rings is 1. The molecule has 1 aromatic carbocycles. The van der Waals surface area contributed by atoms with Gasteiger partial charge in [-0.05, 0) is 42.7 Å². The lowest BCUT2D eigenvalue weighted by molar-refractivity contribution is -0.117. The second kappa shape index (κ2) is 6.71. The molecule has 0 unspecified atom stereocenters. The van der Waals surface area contributed by atoms with E-state index in [4.69, 9.17) is 5.73 Å². The minimum Gasteiger partial charge on any atom is -0.369 e. The smallest absolute Gasteiger partial charge is 0.324 e. The van der Waals surface area contributed by atoms with Crippen molar-refractivity contribution in [3.05, 3.63) is 53.2 Å². The molecule has 1 aromatic heterocycles. The fourth-order valence-electron chi connectivity index (χ4n) is 2.05. The van der Waals surface area contributed by atoms with E-state index in [9.17, 15) is 9.59 Å². The summed E-state index contributed by atoms with van der Waals surface area (Å²) >= 11 is 0. The number of amides is 3. The van der Waals surface area contributed by atoms with E-state index in [1.54, 1.807) is 24.4 Å². The molecular weight excluding hydrogens is 280 g/mol. The van der Waals surface area contributed by atoms with Gasteiger partial charge in [-0.25, -0.2) is 9.78 Å². The number of aryl methyl sites for hydroxylation is 2. The largest absolute Gasteiger partial charge is 0.369 e. The van der Waals surface area contributed by atoms with Crippen molar-refractivity contribution >= 4 is 23.4 Å². The predicted octanol–water partition coefficient (Wildman–Crippen LogP) is 2.37. The number of hydrogen-bond acceptors (Lipinski definition) is 3. The van der Waals surface area contributed by atoms with Gasteiger partial charge in [-0.2, -0.15) is 0 Å². The van der Waals surface area contributed by atoms with E-state index in [1.165, 1.54) is 0 Å². The predicted molar refractivity (Wildman–Crippen MR) is 85.7 cm³/mol. The maximum Gasteiger partial charge on any atom is 0.324 e. The number of primary amides is 1. The van der Waals surface area contributed by atoms with Gasteiger partial charge in [0, 0.05) is 11.9 Å². The first kappa shape index (κ1) is 15.5. The molecule has 4 N–H and O–H groups in total. The number of nitrogens with two attached hydrogens (primary N) is 1. The van der Waals surface area contributed by atoms with Crippen LogP contribution in [0.3, 0.4) is 0 Å². The third-order valence-electron chi connectivity index (χ3n) is 3.16. The molecule has 114 valence electrons. The molecule has 6 nitrogen and oxygen atoms in total. The van der Waals surface area contributed by atoms with Crippen molar-refractivity contribution in [3.8, 4) is 0 Å². The number of nitrogens with one attached hydrogen (secondary N) is 2. The van der Waals surface area contributed by atoms with Crippen LogP contribution in [0.2, 0.25) is 0 Å². The molecule has 3 amide bonds. The monoisotopic (exact) mass is 298 g/mol. The molecule has 0 aliphatic heterocycles. The molecule has 6 heteroatoms. The third kappa shape index (κ3) is 4.05. The van der Waals surface area contributed by atoms with Crippen LogP contribution >= 0.6 is 0 Å². The lowest BCUT2D eigenvalue weighted by Gasteiger charge is -2.11. The first-order chi connectivity index (χ1) is 10.5. The topological polar surface area (TPSA) is 97.1 Å². The Balaban J connectivity index is 2.05. The molecule has 1 heterocycles. The van der Waals surface area contributed by atoms with E-state index in [0.29, 0.717) is 11.5 Å². The number of nitrogens with zero attached hydrogens (tertiary/aromatic N) is 1. The first-order valence-corrected chi connectivity index (χ1v) is 6.83. The summed E-state index contributed by atoms with van der Waals surface area (Å²) in [5, 5.41) is 5.46. The Labute approximate surface area is 128 Å². The normalized spacial score (nSPS) is 10.1. The highest BCUT2D eigenvalue weighted by Crippen LogP contribution is 2.17. The fourth-order valence-corrected chi connectivity index (χ4v) is 2.05. The van der Waals surface area contributed by atoms with Crippen LogP contribution in [0.15, 0.2) is 36.5 Å². The summed E-state index contributed by atoms with van der Waals surface area (Å²) in [5.41, 5.74) is 8.38. The van der Waals surface area contributed by atoms with Crippen LogP contribution in [0.25, 0.3) is 0 Å². The molecule has 0 fully saturated rings. The zero-order valence-electron chi connectivity index (χ0n) is 12.5. The van der Waals surface area contributed by atoms with Crippen molar-refractivity contribution in [2.45, 2.75) is 20.3 Å². The van der Waals surface area contributed by atoms with E-state index in [1.807, 2.05) is 26.0 Å². The molecule has 2 aromatic rings. The summed E-state index contributed by atoms with van der Waals surface area (Å²) in [7, 11) is 0. The highest BCUT2D eigenvalue weighted by molar-refractivity contribution is 6.00. The van der Waals surface area contributed by atoms with Crippen LogP contribution < -0.4 is 16.4 Å². The standard InChI is InChI=1S/C16H18N4O2/c1-10-4-3-7-18-15(10)20-16(22)19-13-6-5-12(8-11(13)2)9-14(17)21/h3-8H,9H2,1-2H3,(H2,17,21)(H2,18,19,20,22). The van der Waals surface area contributed by atoms with Crippen LogP contribution in [0, 0.1) is 13.8 Å². The first-order valence-electron chi connectivity index (χ1n) is 6.83. The Hall–Kier alpha value is -2.89. The number of rotatable bonds is 4. The van der Waals surface area contributed by atoms with E-state index in [0.717, 1.165) is 16.7 Å². The van der Waals surface area contributed by atoms with Gasteiger partial charge in [0.1, 0.15) is 5.82 Å². The summed E-state index contributed by atoms with van der Waals surface area (Å²) in [6.45, 7) is 3.72. The van der Waals surface area contributed by atoms with E-state index in [-0.39, 0.29) is 18.4 Å². The number of carbonyl (C=O) groups is 2. The van der Waals surface area contributed by atoms with Gasteiger partial charge < -0.3 is 11.1 Å². The van der Waals surface area contributed by atoms with Crippen LogP contribution in [-0.2, 0) is 11.2 Å². The number of anilines is 2. The van der Waals surface area contributed by atoms with Crippen molar-refractivity contribution in [2.24, 2.45) is 5.73 Å². The van der Waals surface area contributed by atoms with Gasteiger partial charge in [0.15, 0.2) is 0 Å². The Bertz CT molecular complexity index is 713. The van der Waals surface area contributed by atoms with E-state index in [2.05, 4.69) is 15.6 Å². The van der Waals surface area contributed by atoms with Crippen molar-refractivity contribution in [2.75, 3.05) is 10.6 Å². The lowest BCUT2D eigenvalue weighted by atomic mass is 10.1. The SMILES string of the molecule is Cc1cc(CC(N)=O)ccc1NC(=O)Nc1ncccc1C. The average molecular weight is 298 g/mol. The van der Waals surface area contributed by atoms with Gasteiger partial charge in [-0.3, -0.25) is 10.1 Å². The second-order valence-electron chi connectivity index (χ2n) is 5.04. The minimum absolute atomic E-state index is 0.181. The molecule has 0 bridgehead atoms. The molecule has 0 aliphatic carbocycles. The van der Waals surface area contributed by atoms with Gasteiger partial charge in [-0.15, -0.1) is 0 Å². The van der Waals surface area contributed by atoms with Crippen LogP contribution in [0.1, 0.15) is 16.7 Å². The molecule has 2 rings (SSSR count). The zero-order chi connectivity index (χ0) is 16.1. The number of pyridine rings is 1. The summed E-state index contributed by atoms with van der Waals surface area (Å²) in [4.78, 5) is 27.0. The number of hydrogen-bond donors (Lipinski definition) is 3. The molecule has 22 heavy (non-hydrogen) atoms. The minimum atomic E-state index is -0.386. The second-order valence-corrected chi connectivity index (χ2v) is 5.04. The van der Waals surface area contributed by atoms with E-state index < -0.39 is 0 Å². The molecule has 0 spiro atoms. The van der Waals surface area contributed by atoms with Crippen molar-refractivity contribution in [3.63, 3.8) is 0 Å².